The molecule has 1 saturated carbocycles. The molecule has 1 aliphatic carbocycles. The molecule has 0 amide bonds. The largest absolute Gasteiger partial charge is 0.376 e. The molecule has 1 aromatic rings. The minimum absolute atomic E-state index is 0.391. The van der Waals surface area contributed by atoms with Crippen molar-refractivity contribution < 1.29 is 4.74 Å². The van der Waals surface area contributed by atoms with Crippen LogP contribution in [0.25, 0.3) is 0 Å². The lowest BCUT2D eigenvalue weighted by Gasteiger charge is -2.09. The standard InChI is InChI=1S/C12H18N2O/c1-12(5-6-12)11-4-7-14(13-11)9-10-3-2-8-15-10/h4,7,10H,2-3,5-6,8-9H2,1H3/t10-/m1/s1. The minimum Gasteiger partial charge on any atom is -0.376 e. The summed E-state index contributed by atoms with van der Waals surface area (Å²) >= 11 is 0. The van der Waals surface area contributed by atoms with E-state index in [9.17, 15) is 0 Å². The molecule has 2 aliphatic rings. The molecular weight excluding hydrogens is 188 g/mol. The Bertz CT molecular complexity index is 348. The first-order valence-electron chi connectivity index (χ1n) is 5.92. The van der Waals surface area contributed by atoms with Crippen LogP contribution in [0.1, 0.15) is 38.3 Å². The maximum atomic E-state index is 5.61. The predicted molar refractivity (Wildman–Crippen MR) is 57.8 cm³/mol. The van der Waals surface area contributed by atoms with Crippen molar-refractivity contribution in [3.63, 3.8) is 0 Å². The first-order valence-corrected chi connectivity index (χ1v) is 5.92. The highest BCUT2D eigenvalue weighted by molar-refractivity contribution is 5.21. The van der Waals surface area contributed by atoms with Gasteiger partial charge in [-0.1, -0.05) is 6.92 Å². The molecule has 3 rings (SSSR count). The summed E-state index contributed by atoms with van der Waals surface area (Å²) in [6.07, 6.45) is 7.47. The van der Waals surface area contributed by atoms with Crippen LogP contribution in [0.4, 0.5) is 0 Å². The smallest absolute Gasteiger partial charge is 0.0771 e. The van der Waals surface area contributed by atoms with Gasteiger partial charge in [0.1, 0.15) is 0 Å². The Morgan fingerprint density at radius 3 is 3.13 bits per heavy atom. The van der Waals surface area contributed by atoms with Gasteiger partial charge in [0.15, 0.2) is 0 Å². The van der Waals surface area contributed by atoms with Crippen LogP contribution in [-0.4, -0.2) is 22.5 Å². The van der Waals surface area contributed by atoms with E-state index in [4.69, 9.17) is 4.74 Å². The van der Waals surface area contributed by atoms with Crippen molar-refractivity contribution in [1.29, 1.82) is 0 Å². The lowest BCUT2D eigenvalue weighted by atomic mass is 10.1. The first kappa shape index (κ1) is 9.40. The quantitative estimate of drug-likeness (QED) is 0.757. The SMILES string of the molecule is CC1(c2ccn(C[C@H]3CCCO3)n2)CC1. The van der Waals surface area contributed by atoms with E-state index in [0.717, 1.165) is 13.2 Å². The van der Waals surface area contributed by atoms with E-state index in [0.29, 0.717) is 11.5 Å². The highest BCUT2D eigenvalue weighted by Gasteiger charge is 2.41. The first-order chi connectivity index (χ1) is 7.26. The number of nitrogens with zero attached hydrogens (tertiary/aromatic N) is 2. The van der Waals surface area contributed by atoms with Crippen molar-refractivity contribution >= 4 is 0 Å². The van der Waals surface area contributed by atoms with Gasteiger partial charge in [0.05, 0.1) is 18.3 Å². The molecule has 0 radical (unpaired) electrons. The Kier molecular flexibility index (Phi) is 2.09. The van der Waals surface area contributed by atoms with Gasteiger partial charge in [0.2, 0.25) is 0 Å². The molecule has 82 valence electrons. The van der Waals surface area contributed by atoms with Crippen molar-refractivity contribution in [2.45, 2.75) is 50.7 Å². The number of hydrogen-bond donors (Lipinski definition) is 0. The zero-order chi connectivity index (χ0) is 10.3. The van der Waals surface area contributed by atoms with E-state index in [2.05, 4.69) is 29.0 Å². The minimum atomic E-state index is 0.391. The van der Waals surface area contributed by atoms with Crippen molar-refractivity contribution in [2.75, 3.05) is 6.61 Å². The van der Waals surface area contributed by atoms with Crippen LogP contribution < -0.4 is 0 Å². The fourth-order valence-corrected chi connectivity index (χ4v) is 2.23. The molecule has 0 N–H and O–H groups in total. The Morgan fingerprint density at radius 1 is 1.60 bits per heavy atom. The van der Waals surface area contributed by atoms with Crippen molar-refractivity contribution in [3.8, 4) is 0 Å². The summed E-state index contributed by atoms with van der Waals surface area (Å²) in [5.41, 5.74) is 1.66. The molecule has 3 heteroatoms. The molecule has 1 saturated heterocycles. The van der Waals surface area contributed by atoms with Gasteiger partial charge < -0.3 is 4.74 Å². The molecule has 1 atom stereocenters. The van der Waals surface area contributed by atoms with Crippen LogP contribution in [0.15, 0.2) is 12.3 Å². The molecule has 1 aliphatic heterocycles. The zero-order valence-corrected chi connectivity index (χ0v) is 9.28. The monoisotopic (exact) mass is 206 g/mol. The molecule has 2 fully saturated rings. The summed E-state index contributed by atoms with van der Waals surface area (Å²) in [6.45, 7) is 4.15. The summed E-state index contributed by atoms with van der Waals surface area (Å²) in [7, 11) is 0. The molecule has 0 spiro atoms. The lowest BCUT2D eigenvalue weighted by molar-refractivity contribution is 0.0938. The Hall–Kier alpha value is -0.830. The van der Waals surface area contributed by atoms with Gasteiger partial charge in [-0.15, -0.1) is 0 Å². The molecule has 2 heterocycles. The molecule has 3 nitrogen and oxygen atoms in total. The van der Waals surface area contributed by atoms with Crippen molar-refractivity contribution in [1.82, 2.24) is 9.78 Å². The molecule has 0 unspecified atom stereocenters. The van der Waals surface area contributed by atoms with E-state index >= 15 is 0 Å². The van der Waals surface area contributed by atoms with E-state index in [1.165, 1.54) is 31.4 Å². The second-order valence-corrected chi connectivity index (χ2v) is 5.12. The van der Waals surface area contributed by atoms with Gasteiger partial charge in [-0.3, -0.25) is 4.68 Å². The summed E-state index contributed by atoms with van der Waals surface area (Å²) in [5, 5.41) is 4.64. The molecule has 15 heavy (non-hydrogen) atoms. The Labute approximate surface area is 90.4 Å². The van der Waals surface area contributed by atoms with E-state index in [-0.39, 0.29) is 0 Å². The zero-order valence-electron chi connectivity index (χ0n) is 9.28. The van der Waals surface area contributed by atoms with E-state index < -0.39 is 0 Å². The number of ether oxygens (including phenoxy) is 1. The van der Waals surface area contributed by atoms with Gasteiger partial charge in [-0.2, -0.15) is 5.10 Å². The highest BCUT2D eigenvalue weighted by Crippen LogP contribution is 2.46. The molecule has 0 aromatic carbocycles. The summed E-state index contributed by atoms with van der Waals surface area (Å²) in [4.78, 5) is 0. The summed E-state index contributed by atoms with van der Waals surface area (Å²) in [6, 6.07) is 2.17. The fraction of sp³-hybridized carbons (Fsp3) is 0.750. The number of aromatic nitrogens is 2. The van der Waals surface area contributed by atoms with Crippen LogP contribution in [0.3, 0.4) is 0 Å². The lowest BCUT2D eigenvalue weighted by Crippen LogP contribution is -2.16. The molecule has 1 aromatic heterocycles. The van der Waals surface area contributed by atoms with Crippen molar-refractivity contribution in [2.24, 2.45) is 0 Å². The Balaban J connectivity index is 1.68. The maximum Gasteiger partial charge on any atom is 0.0771 e. The predicted octanol–water partition coefficient (Wildman–Crippen LogP) is 2.11. The average Bonchev–Trinajstić information content (AvgIpc) is 2.75. The van der Waals surface area contributed by atoms with Gasteiger partial charge in [-0.05, 0) is 31.7 Å². The Morgan fingerprint density at radius 2 is 2.47 bits per heavy atom. The highest BCUT2D eigenvalue weighted by atomic mass is 16.5. The second kappa shape index (κ2) is 3.34. The van der Waals surface area contributed by atoms with Crippen LogP contribution in [0.2, 0.25) is 0 Å². The molecule has 0 bridgehead atoms. The third-order valence-corrected chi connectivity index (χ3v) is 3.67. The van der Waals surface area contributed by atoms with Gasteiger partial charge in [0.25, 0.3) is 0 Å². The second-order valence-electron chi connectivity index (χ2n) is 5.12. The van der Waals surface area contributed by atoms with E-state index in [1.807, 2.05) is 0 Å². The third-order valence-electron chi connectivity index (χ3n) is 3.67. The van der Waals surface area contributed by atoms with Gasteiger partial charge in [0, 0.05) is 18.2 Å². The maximum absolute atomic E-state index is 5.61. The summed E-state index contributed by atoms with van der Waals surface area (Å²) in [5.74, 6) is 0. The topological polar surface area (TPSA) is 27.1 Å². The third kappa shape index (κ3) is 1.81. The van der Waals surface area contributed by atoms with Gasteiger partial charge >= 0.3 is 0 Å². The van der Waals surface area contributed by atoms with Crippen LogP contribution in [-0.2, 0) is 16.7 Å². The van der Waals surface area contributed by atoms with Crippen LogP contribution in [0.5, 0.6) is 0 Å². The van der Waals surface area contributed by atoms with Gasteiger partial charge in [-0.25, -0.2) is 0 Å². The van der Waals surface area contributed by atoms with Crippen LogP contribution in [0, 0.1) is 0 Å². The van der Waals surface area contributed by atoms with Crippen molar-refractivity contribution in [3.05, 3.63) is 18.0 Å². The fourth-order valence-electron chi connectivity index (χ4n) is 2.23. The van der Waals surface area contributed by atoms with E-state index in [1.54, 1.807) is 0 Å². The normalized spacial score (nSPS) is 28.2. The van der Waals surface area contributed by atoms with Crippen LogP contribution >= 0.6 is 0 Å². The number of hydrogen-bond acceptors (Lipinski definition) is 2. The molecular formula is C12H18N2O. The number of rotatable bonds is 3. The average molecular weight is 206 g/mol. The summed E-state index contributed by atoms with van der Waals surface area (Å²) < 4.78 is 7.66.